The third-order valence-corrected chi connectivity index (χ3v) is 6.20. The summed E-state index contributed by atoms with van der Waals surface area (Å²) in [6, 6.07) is 9.73. The highest BCUT2D eigenvalue weighted by Gasteiger charge is 2.38. The molecular formula is C24H23ClFN3O4. The van der Waals surface area contributed by atoms with Gasteiger partial charge in [0.2, 0.25) is 5.82 Å². The number of hydrogen-bond donors (Lipinski definition) is 1. The van der Waals surface area contributed by atoms with Crippen LogP contribution in [0, 0.1) is 5.82 Å². The predicted molar refractivity (Wildman–Crippen MR) is 120 cm³/mol. The Bertz CT molecular complexity index is 1210. The summed E-state index contributed by atoms with van der Waals surface area (Å²) >= 11 is 6.13. The minimum Gasteiger partial charge on any atom is -0.493 e. The van der Waals surface area contributed by atoms with Crippen LogP contribution in [0.2, 0.25) is 5.02 Å². The van der Waals surface area contributed by atoms with Crippen LogP contribution in [-0.2, 0) is 10.4 Å². The second kappa shape index (κ2) is 8.68. The van der Waals surface area contributed by atoms with Gasteiger partial charge in [-0.2, -0.15) is 4.98 Å². The number of nitrogens with one attached hydrogen (secondary N) is 1. The quantitative estimate of drug-likeness (QED) is 0.497. The molecule has 1 fully saturated rings. The molecule has 9 heteroatoms. The fourth-order valence-electron chi connectivity index (χ4n) is 4.07. The number of hydroxylamine groups is 1. The topological polar surface area (TPSA) is 78.6 Å². The molecule has 0 amide bonds. The van der Waals surface area contributed by atoms with Gasteiger partial charge in [-0.25, -0.2) is 4.39 Å². The van der Waals surface area contributed by atoms with Crippen molar-refractivity contribution in [3.63, 3.8) is 0 Å². The highest BCUT2D eigenvalue weighted by Crippen LogP contribution is 2.38. The van der Waals surface area contributed by atoms with Crippen molar-refractivity contribution < 1.29 is 23.2 Å². The van der Waals surface area contributed by atoms with Crippen LogP contribution in [0.1, 0.15) is 44.1 Å². The summed E-state index contributed by atoms with van der Waals surface area (Å²) in [4.78, 5) is 10.2. The average molecular weight is 472 g/mol. The number of nitrogens with zero attached hydrogens (tertiary/aromatic N) is 2. The monoisotopic (exact) mass is 471 g/mol. The molecule has 1 saturated carbocycles. The van der Waals surface area contributed by atoms with E-state index >= 15 is 0 Å². The summed E-state index contributed by atoms with van der Waals surface area (Å²) in [5.74, 6) is 1.43. The van der Waals surface area contributed by atoms with Crippen LogP contribution in [0.15, 0.2) is 47.0 Å². The third kappa shape index (κ3) is 4.28. The highest BCUT2D eigenvalue weighted by atomic mass is 35.5. The first-order valence-electron chi connectivity index (χ1n) is 10.8. The van der Waals surface area contributed by atoms with E-state index in [4.69, 9.17) is 30.4 Å². The van der Waals surface area contributed by atoms with Gasteiger partial charge in [0.1, 0.15) is 5.82 Å². The fraction of sp³-hybridized carbons (Fsp3) is 0.333. The third-order valence-electron chi connectivity index (χ3n) is 5.89. The Morgan fingerprint density at radius 3 is 2.73 bits per heavy atom. The van der Waals surface area contributed by atoms with Crippen LogP contribution in [0.25, 0.3) is 17.1 Å². The Morgan fingerprint density at radius 2 is 1.97 bits per heavy atom. The smallest absolute Gasteiger partial charge is 0.265 e. The maximum atomic E-state index is 13.4. The van der Waals surface area contributed by atoms with Crippen molar-refractivity contribution in [1.29, 1.82) is 0 Å². The number of halogens is 2. The zero-order valence-corrected chi connectivity index (χ0v) is 19.0. The average Bonchev–Trinajstić information content (AvgIpc) is 3.55. The number of ether oxygens (including phenoxy) is 2. The molecule has 1 aliphatic heterocycles. The van der Waals surface area contributed by atoms with Crippen molar-refractivity contribution in [2.45, 2.75) is 44.3 Å². The number of benzene rings is 2. The van der Waals surface area contributed by atoms with Gasteiger partial charge in [-0.05, 0) is 75.1 Å². The second-order valence-electron chi connectivity index (χ2n) is 8.31. The van der Waals surface area contributed by atoms with Crippen LogP contribution < -0.4 is 15.0 Å². The fourth-order valence-corrected chi connectivity index (χ4v) is 4.32. The molecule has 1 atom stereocenters. The molecule has 2 heterocycles. The SMILES string of the molecule is COc1ccc(C2=CC(C)(c3nc(-c4ccc(F)cc4Cl)no3)ON2)cc1OC1CCCC1. The largest absolute Gasteiger partial charge is 0.493 e. The second-order valence-corrected chi connectivity index (χ2v) is 8.71. The molecule has 1 aromatic heterocycles. The lowest BCUT2D eigenvalue weighted by atomic mass is 10.0. The van der Waals surface area contributed by atoms with E-state index in [0.717, 1.165) is 24.1 Å². The normalized spacial score (nSPS) is 20.5. The lowest BCUT2D eigenvalue weighted by Crippen LogP contribution is -2.23. The van der Waals surface area contributed by atoms with Crippen molar-refractivity contribution in [3.8, 4) is 22.9 Å². The molecule has 172 valence electrons. The summed E-state index contributed by atoms with van der Waals surface area (Å²) in [5.41, 5.74) is 4.01. The Labute approximate surface area is 195 Å². The first-order valence-corrected chi connectivity index (χ1v) is 11.1. The van der Waals surface area contributed by atoms with E-state index in [9.17, 15) is 4.39 Å². The highest BCUT2D eigenvalue weighted by molar-refractivity contribution is 6.33. The Kier molecular flexibility index (Phi) is 5.72. The Balaban J connectivity index is 1.41. The molecule has 2 aliphatic rings. The van der Waals surface area contributed by atoms with Gasteiger partial charge in [-0.15, -0.1) is 0 Å². The molecular weight excluding hydrogens is 449 g/mol. The number of methoxy groups -OCH3 is 1. The zero-order valence-electron chi connectivity index (χ0n) is 18.2. The molecule has 0 saturated heterocycles. The van der Waals surface area contributed by atoms with E-state index in [0.29, 0.717) is 17.1 Å². The predicted octanol–water partition coefficient (Wildman–Crippen LogP) is 5.65. The van der Waals surface area contributed by atoms with Crippen molar-refractivity contribution in [2.75, 3.05) is 7.11 Å². The molecule has 3 aromatic rings. The van der Waals surface area contributed by atoms with E-state index in [2.05, 4.69) is 15.6 Å². The lowest BCUT2D eigenvalue weighted by molar-refractivity contribution is -0.0445. The van der Waals surface area contributed by atoms with E-state index in [1.165, 1.54) is 31.0 Å². The molecule has 0 bridgehead atoms. The van der Waals surface area contributed by atoms with E-state index in [1.54, 1.807) is 14.0 Å². The Morgan fingerprint density at radius 1 is 1.15 bits per heavy atom. The van der Waals surface area contributed by atoms with Gasteiger partial charge in [0.05, 0.1) is 23.9 Å². The molecule has 33 heavy (non-hydrogen) atoms. The summed E-state index contributed by atoms with van der Waals surface area (Å²) in [6.07, 6.45) is 6.52. The van der Waals surface area contributed by atoms with Crippen LogP contribution in [-0.4, -0.2) is 23.4 Å². The molecule has 1 N–H and O–H groups in total. The molecule has 7 nitrogen and oxygen atoms in total. The van der Waals surface area contributed by atoms with Crippen molar-refractivity contribution >= 4 is 17.3 Å². The van der Waals surface area contributed by atoms with E-state index in [1.807, 2.05) is 24.3 Å². The van der Waals surface area contributed by atoms with Gasteiger partial charge in [0, 0.05) is 11.1 Å². The Hall–Kier alpha value is -3.10. The lowest BCUT2D eigenvalue weighted by Gasteiger charge is -2.17. The summed E-state index contributed by atoms with van der Waals surface area (Å²) in [5, 5.41) is 4.19. The minimum atomic E-state index is -1.01. The standard InChI is InChI=1S/C24H23ClFN3O4/c1-24(23-27-22(29-32-23)17-9-8-15(26)12-18(17)25)13-19(28-33-24)14-7-10-20(30-2)21(11-14)31-16-5-3-4-6-16/h7-13,16,28H,3-6H2,1-2H3. The molecule has 1 aliphatic carbocycles. The van der Waals surface area contributed by atoms with Gasteiger partial charge in [0.25, 0.3) is 5.89 Å². The molecule has 1 unspecified atom stereocenters. The maximum absolute atomic E-state index is 13.4. The van der Waals surface area contributed by atoms with E-state index in [-0.39, 0.29) is 22.8 Å². The number of rotatable bonds is 6. The van der Waals surface area contributed by atoms with Crippen LogP contribution in [0.5, 0.6) is 11.5 Å². The van der Waals surface area contributed by atoms with E-state index < -0.39 is 11.4 Å². The van der Waals surface area contributed by atoms with Crippen LogP contribution in [0.4, 0.5) is 4.39 Å². The van der Waals surface area contributed by atoms with Crippen molar-refractivity contribution in [3.05, 3.63) is 64.8 Å². The summed E-state index contributed by atoms with van der Waals surface area (Å²) in [6.45, 7) is 1.80. The first-order chi connectivity index (χ1) is 15.9. The van der Waals surface area contributed by atoms with Gasteiger partial charge in [-0.1, -0.05) is 16.8 Å². The molecule has 0 spiro atoms. The maximum Gasteiger partial charge on any atom is 0.265 e. The molecule has 5 rings (SSSR count). The van der Waals surface area contributed by atoms with Gasteiger partial charge < -0.3 is 14.0 Å². The summed E-state index contributed by atoms with van der Waals surface area (Å²) in [7, 11) is 1.63. The van der Waals surface area contributed by atoms with Gasteiger partial charge in [0.15, 0.2) is 17.1 Å². The summed E-state index contributed by atoms with van der Waals surface area (Å²) < 4.78 is 30.5. The number of aromatic nitrogens is 2. The molecule has 0 radical (unpaired) electrons. The van der Waals surface area contributed by atoms with Crippen LogP contribution >= 0.6 is 11.6 Å². The first kappa shape index (κ1) is 21.7. The van der Waals surface area contributed by atoms with Crippen molar-refractivity contribution in [2.24, 2.45) is 0 Å². The van der Waals surface area contributed by atoms with Crippen molar-refractivity contribution in [1.82, 2.24) is 15.6 Å². The minimum absolute atomic E-state index is 0.197. The van der Waals surface area contributed by atoms with Gasteiger partial charge >= 0.3 is 0 Å². The zero-order chi connectivity index (χ0) is 23.0. The van der Waals surface area contributed by atoms with Crippen LogP contribution in [0.3, 0.4) is 0 Å². The number of hydrogen-bond acceptors (Lipinski definition) is 7. The van der Waals surface area contributed by atoms with Gasteiger partial charge in [-0.3, -0.25) is 10.3 Å². The molecule has 2 aromatic carbocycles.